The van der Waals surface area contributed by atoms with Gasteiger partial charge in [0.05, 0.1) is 6.10 Å². The summed E-state index contributed by atoms with van der Waals surface area (Å²) in [6.07, 6.45) is 1.65. The lowest BCUT2D eigenvalue weighted by Gasteiger charge is -2.39. The van der Waals surface area contributed by atoms with Gasteiger partial charge in [-0.3, -0.25) is 0 Å². The maximum Gasteiger partial charge on any atom is 0.0623 e. The van der Waals surface area contributed by atoms with Crippen molar-refractivity contribution in [3.8, 4) is 0 Å². The molecule has 0 bridgehead atoms. The van der Waals surface area contributed by atoms with Crippen molar-refractivity contribution in [3.05, 3.63) is 0 Å². The van der Waals surface area contributed by atoms with E-state index in [4.69, 9.17) is 4.74 Å². The summed E-state index contributed by atoms with van der Waals surface area (Å²) >= 11 is 0. The predicted molar refractivity (Wildman–Crippen MR) is 46.7 cm³/mol. The van der Waals surface area contributed by atoms with Gasteiger partial charge in [-0.15, -0.1) is 0 Å². The molecule has 0 spiro atoms. The van der Waals surface area contributed by atoms with Crippen LogP contribution in [0.4, 0.5) is 0 Å². The maximum atomic E-state index is 5.40. The third kappa shape index (κ3) is 1.74. The molecule has 66 valence electrons. The summed E-state index contributed by atoms with van der Waals surface area (Å²) in [6.45, 7) is 5.72. The number of piperidine rings is 1. The first-order valence-corrected chi connectivity index (χ1v) is 4.40. The van der Waals surface area contributed by atoms with Crippen molar-refractivity contribution in [1.82, 2.24) is 4.90 Å². The van der Waals surface area contributed by atoms with Crippen LogP contribution in [-0.2, 0) is 4.74 Å². The fourth-order valence-corrected chi connectivity index (χ4v) is 1.84. The Kier molecular flexibility index (Phi) is 2.90. The highest BCUT2D eigenvalue weighted by Gasteiger charge is 2.29. The van der Waals surface area contributed by atoms with Crippen molar-refractivity contribution in [2.45, 2.75) is 32.4 Å². The normalized spacial score (nSPS) is 40.9. The topological polar surface area (TPSA) is 12.5 Å². The van der Waals surface area contributed by atoms with Crippen LogP contribution in [0.1, 0.15) is 20.3 Å². The van der Waals surface area contributed by atoms with Crippen LogP contribution in [0.25, 0.3) is 0 Å². The molecule has 0 aromatic heterocycles. The summed E-state index contributed by atoms with van der Waals surface area (Å²) in [6, 6.07) is 0.661. The van der Waals surface area contributed by atoms with Crippen molar-refractivity contribution in [3.63, 3.8) is 0 Å². The Balaban J connectivity index is 2.52. The van der Waals surface area contributed by atoms with Crippen LogP contribution in [0, 0.1) is 5.92 Å². The van der Waals surface area contributed by atoms with Crippen molar-refractivity contribution >= 4 is 0 Å². The average molecular weight is 157 g/mol. The molecule has 3 atom stereocenters. The second-order valence-corrected chi connectivity index (χ2v) is 3.64. The van der Waals surface area contributed by atoms with Gasteiger partial charge in [0.25, 0.3) is 0 Å². The number of hydrogen-bond acceptors (Lipinski definition) is 2. The summed E-state index contributed by atoms with van der Waals surface area (Å²) in [4.78, 5) is 2.40. The highest BCUT2D eigenvalue weighted by molar-refractivity contribution is 4.83. The Morgan fingerprint density at radius 1 is 1.36 bits per heavy atom. The van der Waals surface area contributed by atoms with Crippen LogP contribution in [0.15, 0.2) is 0 Å². The predicted octanol–water partition coefficient (Wildman–Crippen LogP) is 1.36. The lowest BCUT2D eigenvalue weighted by molar-refractivity contribution is -0.0195. The van der Waals surface area contributed by atoms with Gasteiger partial charge in [-0.05, 0) is 26.3 Å². The van der Waals surface area contributed by atoms with Gasteiger partial charge in [-0.25, -0.2) is 0 Å². The third-order valence-electron chi connectivity index (χ3n) is 3.11. The molecule has 0 aromatic rings. The number of methoxy groups -OCH3 is 1. The SMILES string of the molecule is COC1CCN(C)C(C)C1C. The zero-order valence-electron chi connectivity index (χ0n) is 8.00. The zero-order chi connectivity index (χ0) is 8.43. The molecule has 11 heavy (non-hydrogen) atoms. The van der Waals surface area contributed by atoms with Crippen LogP contribution in [0.5, 0.6) is 0 Å². The summed E-state index contributed by atoms with van der Waals surface area (Å²) in [5.74, 6) is 0.666. The van der Waals surface area contributed by atoms with Gasteiger partial charge >= 0.3 is 0 Å². The molecule has 1 heterocycles. The minimum Gasteiger partial charge on any atom is -0.381 e. The summed E-state index contributed by atoms with van der Waals surface area (Å²) < 4.78 is 5.40. The number of rotatable bonds is 1. The third-order valence-corrected chi connectivity index (χ3v) is 3.11. The molecule has 1 fully saturated rings. The zero-order valence-corrected chi connectivity index (χ0v) is 8.00. The van der Waals surface area contributed by atoms with E-state index < -0.39 is 0 Å². The minimum absolute atomic E-state index is 0.473. The molecule has 1 saturated heterocycles. The van der Waals surface area contributed by atoms with E-state index in [1.165, 1.54) is 13.0 Å². The van der Waals surface area contributed by atoms with Gasteiger partial charge in [0.15, 0.2) is 0 Å². The molecule has 0 N–H and O–H groups in total. The van der Waals surface area contributed by atoms with E-state index in [-0.39, 0.29) is 0 Å². The number of ether oxygens (including phenoxy) is 1. The smallest absolute Gasteiger partial charge is 0.0623 e. The second kappa shape index (κ2) is 3.55. The molecule has 3 unspecified atom stereocenters. The van der Waals surface area contributed by atoms with E-state index in [2.05, 4.69) is 25.8 Å². The Morgan fingerprint density at radius 2 is 2.00 bits per heavy atom. The van der Waals surface area contributed by atoms with Gasteiger partial charge in [-0.2, -0.15) is 0 Å². The molecule has 0 aliphatic carbocycles. The molecule has 0 aromatic carbocycles. The first kappa shape index (κ1) is 9.01. The fourth-order valence-electron chi connectivity index (χ4n) is 1.84. The lowest BCUT2D eigenvalue weighted by Crippen LogP contribution is -2.47. The summed E-state index contributed by atoms with van der Waals surface area (Å²) in [5.41, 5.74) is 0. The van der Waals surface area contributed by atoms with E-state index in [0.717, 1.165) is 0 Å². The van der Waals surface area contributed by atoms with Crippen LogP contribution in [-0.4, -0.2) is 37.7 Å². The maximum absolute atomic E-state index is 5.40. The average Bonchev–Trinajstić information content (AvgIpc) is 2.01. The molecular weight excluding hydrogens is 138 g/mol. The van der Waals surface area contributed by atoms with E-state index >= 15 is 0 Å². The number of nitrogens with zero attached hydrogens (tertiary/aromatic N) is 1. The molecular formula is C9H19NO. The molecule has 1 rings (SSSR count). The molecule has 2 nitrogen and oxygen atoms in total. The fraction of sp³-hybridized carbons (Fsp3) is 1.00. The van der Waals surface area contributed by atoms with Crippen LogP contribution < -0.4 is 0 Å². The first-order chi connectivity index (χ1) is 5.16. The van der Waals surface area contributed by atoms with Crippen molar-refractivity contribution < 1.29 is 4.74 Å². The van der Waals surface area contributed by atoms with Crippen LogP contribution in [0.2, 0.25) is 0 Å². The Labute approximate surface area is 69.5 Å². The molecule has 2 heteroatoms. The quantitative estimate of drug-likeness (QED) is 0.570. The Hall–Kier alpha value is -0.0800. The van der Waals surface area contributed by atoms with Gasteiger partial charge in [-0.1, -0.05) is 6.92 Å². The Morgan fingerprint density at radius 3 is 2.55 bits per heavy atom. The number of likely N-dealkylation sites (tertiary alicyclic amines) is 1. The van der Waals surface area contributed by atoms with Crippen molar-refractivity contribution in [1.29, 1.82) is 0 Å². The van der Waals surface area contributed by atoms with E-state index in [9.17, 15) is 0 Å². The Bertz CT molecular complexity index is 125. The summed E-state index contributed by atoms with van der Waals surface area (Å²) in [5, 5.41) is 0. The highest BCUT2D eigenvalue weighted by Crippen LogP contribution is 2.23. The van der Waals surface area contributed by atoms with Crippen molar-refractivity contribution in [2.75, 3.05) is 20.7 Å². The van der Waals surface area contributed by atoms with Gasteiger partial charge in [0, 0.05) is 19.7 Å². The highest BCUT2D eigenvalue weighted by atomic mass is 16.5. The molecule has 1 aliphatic heterocycles. The minimum atomic E-state index is 0.473. The first-order valence-electron chi connectivity index (χ1n) is 4.40. The van der Waals surface area contributed by atoms with Crippen LogP contribution >= 0.6 is 0 Å². The monoisotopic (exact) mass is 157 g/mol. The molecule has 0 amide bonds. The molecule has 1 aliphatic rings. The number of hydrogen-bond donors (Lipinski definition) is 0. The molecule has 0 radical (unpaired) electrons. The second-order valence-electron chi connectivity index (χ2n) is 3.64. The van der Waals surface area contributed by atoms with Crippen molar-refractivity contribution in [2.24, 2.45) is 5.92 Å². The van der Waals surface area contributed by atoms with E-state index in [0.29, 0.717) is 18.1 Å². The van der Waals surface area contributed by atoms with Gasteiger partial charge in [0.1, 0.15) is 0 Å². The summed E-state index contributed by atoms with van der Waals surface area (Å²) in [7, 11) is 4.01. The standard InChI is InChI=1S/C9H19NO/c1-7-8(2)10(3)6-5-9(7)11-4/h7-9H,5-6H2,1-4H3. The van der Waals surface area contributed by atoms with E-state index in [1.807, 2.05) is 7.11 Å². The van der Waals surface area contributed by atoms with Gasteiger partial charge < -0.3 is 9.64 Å². The lowest BCUT2D eigenvalue weighted by atomic mass is 9.89. The molecule has 0 saturated carbocycles. The van der Waals surface area contributed by atoms with E-state index in [1.54, 1.807) is 0 Å². The van der Waals surface area contributed by atoms with Crippen LogP contribution in [0.3, 0.4) is 0 Å². The largest absolute Gasteiger partial charge is 0.381 e. The van der Waals surface area contributed by atoms with Gasteiger partial charge in [0.2, 0.25) is 0 Å².